The summed E-state index contributed by atoms with van der Waals surface area (Å²) in [5.74, 6) is 1.18. The largest absolute Gasteiger partial charge is 0.541 e. The highest BCUT2D eigenvalue weighted by Gasteiger charge is 2.42. The quantitative estimate of drug-likeness (QED) is 0.252. The number of benzene rings is 1. The second kappa shape index (κ2) is 10.1. The normalized spacial score (nSPS) is 13.8. The molecule has 0 saturated heterocycles. The Morgan fingerprint density at radius 2 is 1.28 bits per heavy atom. The van der Waals surface area contributed by atoms with Crippen LogP contribution in [0.5, 0.6) is 11.5 Å². The minimum absolute atomic E-state index is 0.0106. The van der Waals surface area contributed by atoms with Gasteiger partial charge in [-0.3, -0.25) is 9.36 Å². The second-order valence-electron chi connectivity index (χ2n) is 11.4. The van der Waals surface area contributed by atoms with Crippen molar-refractivity contribution in [1.82, 2.24) is 0 Å². The van der Waals surface area contributed by atoms with Gasteiger partial charge in [-0.2, -0.15) is 0 Å². The Morgan fingerprint density at radius 3 is 1.69 bits per heavy atom. The van der Waals surface area contributed by atoms with E-state index in [1.54, 1.807) is 0 Å². The minimum atomic E-state index is -3.39. The van der Waals surface area contributed by atoms with Gasteiger partial charge in [0.2, 0.25) is 0 Å². The first-order valence-electron chi connectivity index (χ1n) is 11.0. The van der Waals surface area contributed by atoms with Gasteiger partial charge in [0.1, 0.15) is 23.4 Å². The SMILES string of the molecule is COP(=O)(CC(=O)Cc1ccc(O[Si](C)(C)C(C)(C)C)c(O[Si](C)(C)C(C)(C)C)c1)OC. The Kier molecular flexibility index (Phi) is 9.22. The van der Waals surface area contributed by atoms with E-state index in [2.05, 4.69) is 67.7 Å². The smallest absolute Gasteiger partial charge is 0.337 e. The summed E-state index contributed by atoms with van der Waals surface area (Å²) in [6, 6.07) is 5.67. The van der Waals surface area contributed by atoms with Crippen molar-refractivity contribution in [2.24, 2.45) is 0 Å². The minimum Gasteiger partial charge on any atom is -0.541 e. The molecule has 0 aliphatic rings. The number of ketones is 1. The molecule has 0 aliphatic heterocycles. The summed E-state index contributed by atoms with van der Waals surface area (Å²) < 4.78 is 35.4. The summed E-state index contributed by atoms with van der Waals surface area (Å²) in [5.41, 5.74) is 0.782. The van der Waals surface area contributed by atoms with Gasteiger partial charge in [-0.1, -0.05) is 47.6 Å². The van der Waals surface area contributed by atoms with Gasteiger partial charge in [-0.25, -0.2) is 0 Å². The van der Waals surface area contributed by atoms with E-state index in [1.807, 2.05) is 18.2 Å². The zero-order valence-electron chi connectivity index (χ0n) is 22.0. The second-order valence-corrected chi connectivity index (χ2v) is 23.1. The van der Waals surface area contributed by atoms with Gasteiger partial charge in [-0.05, 0) is 54.0 Å². The van der Waals surface area contributed by atoms with Crippen LogP contribution in [-0.2, 0) is 24.8 Å². The van der Waals surface area contributed by atoms with Crippen LogP contribution in [0.3, 0.4) is 0 Å². The van der Waals surface area contributed by atoms with Crippen LogP contribution < -0.4 is 8.85 Å². The molecule has 0 radical (unpaired) electrons. The number of hydrogen-bond acceptors (Lipinski definition) is 6. The van der Waals surface area contributed by atoms with Crippen molar-refractivity contribution in [2.75, 3.05) is 20.4 Å². The molecule has 32 heavy (non-hydrogen) atoms. The number of rotatable bonds is 10. The molecule has 1 rings (SSSR count). The Labute approximate surface area is 197 Å². The van der Waals surface area contributed by atoms with Crippen molar-refractivity contribution in [3.8, 4) is 11.5 Å². The molecule has 0 spiro atoms. The van der Waals surface area contributed by atoms with Crippen molar-refractivity contribution in [3.05, 3.63) is 23.8 Å². The predicted molar refractivity (Wildman–Crippen MR) is 137 cm³/mol. The molecule has 9 heteroatoms. The third-order valence-electron chi connectivity index (χ3n) is 6.68. The fourth-order valence-electron chi connectivity index (χ4n) is 2.39. The zero-order valence-corrected chi connectivity index (χ0v) is 24.9. The van der Waals surface area contributed by atoms with Gasteiger partial charge in [0.05, 0.1) is 0 Å². The Bertz CT molecular complexity index is 845. The highest BCUT2D eigenvalue weighted by atomic mass is 31.2. The molecule has 0 atom stereocenters. The Hall–Kier alpha value is -0.926. The maximum atomic E-state index is 12.6. The molecule has 0 fully saturated rings. The van der Waals surface area contributed by atoms with Gasteiger partial charge in [-0.15, -0.1) is 0 Å². The molecule has 1 aromatic rings. The van der Waals surface area contributed by atoms with E-state index in [-0.39, 0.29) is 28.4 Å². The number of carbonyl (C=O) groups is 1. The summed E-state index contributed by atoms with van der Waals surface area (Å²) >= 11 is 0. The van der Waals surface area contributed by atoms with E-state index >= 15 is 0 Å². The van der Waals surface area contributed by atoms with Crippen LogP contribution >= 0.6 is 7.60 Å². The average molecular weight is 503 g/mol. The summed E-state index contributed by atoms with van der Waals surface area (Å²) in [4.78, 5) is 12.6. The summed E-state index contributed by atoms with van der Waals surface area (Å²) in [5, 5.41) is 0.0496. The number of hydrogen-bond donors (Lipinski definition) is 0. The molecule has 0 N–H and O–H groups in total. The Balaban J connectivity index is 3.33. The molecule has 0 heterocycles. The molecule has 0 aliphatic carbocycles. The van der Waals surface area contributed by atoms with E-state index in [0.29, 0.717) is 5.75 Å². The highest BCUT2D eigenvalue weighted by Crippen LogP contribution is 2.47. The average Bonchev–Trinajstić information content (AvgIpc) is 2.61. The monoisotopic (exact) mass is 502 g/mol. The van der Waals surface area contributed by atoms with Gasteiger partial charge in [0, 0.05) is 20.6 Å². The van der Waals surface area contributed by atoms with Crippen LogP contribution in [0.25, 0.3) is 0 Å². The third kappa shape index (κ3) is 7.55. The van der Waals surface area contributed by atoms with E-state index in [1.165, 1.54) is 14.2 Å². The topological polar surface area (TPSA) is 71.1 Å². The zero-order chi connectivity index (χ0) is 25.2. The molecular weight excluding hydrogens is 459 g/mol. The summed E-state index contributed by atoms with van der Waals surface area (Å²) in [7, 11) is -5.05. The standard InChI is InChI=1S/C23H43O6PSi2/c1-22(2,3)31(9,10)28-20-14-13-18(15-19(24)17-30(25,26-7)27-8)16-21(20)29-32(11,12)23(4,5)6/h13-14,16H,15,17H2,1-12H3. The van der Waals surface area contributed by atoms with Gasteiger partial charge in [0.15, 0.2) is 0 Å². The Morgan fingerprint density at radius 1 is 0.844 bits per heavy atom. The lowest BCUT2D eigenvalue weighted by atomic mass is 10.1. The van der Waals surface area contributed by atoms with Crippen LogP contribution in [0.2, 0.25) is 36.3 Å². The molecule has 0 bridgehead atoms. The van der Waals surface area contributed by atoms with Crippen molar-refractivity contribution >= 4 is 30.0 Å². The van der Waals surface area contributed by atoms with Crippen LogP contribution in [-0.4, -0.2) is 42.8 Å². The molecule has 184 valence electrons. The maximum Gasteiger partial charge on any atom is 0.337 e. The van der Waals surface area contributed by atoms with E-state index < -0.39 is 24.2 Å². The summed E-state index contributed by atoms with van der Waals surface area (Å²) in [6.07, 6.45) is -0.147. The molecular formula is C23H43O6PSi2. The number of carbonyl (C=O) groups excluding carboxylic acids is 1. The fraction of sp³-hybridized carbons (Fsp3) is 0.696. The first-order chi connectivity index (χ1) is 14.3. The van der Waals surface area contributed by atoms with Gasteiger partial charge >= 0.3 is 7.60 Å². The molecule has 0 saturated carbocycles. The van der Waals surface area contributed by atoms with Gasteiger partial charge < -0.3 is 17.9 Å². The molecule has 0 aromatic heterocycles. The number of Topliss-reactive ketones (excluding diaryl/α,β-unsaturated/α-hetero) is 1. The van der Waals surface area contributed by atoms with Crippen molar-refractivity contribution < 1.29 is 27.3 Å². The molecule has 0 amide bonds. The first-order valence-corrected chi connectivity index (χ1v) is 18.5. The molecule has 6 nitrogen and oxygen atoms in total. The van der Waals surface area contributed by atoms with E-state index in [9.17, 15) is 9.36 Å². The van der Waals surface area contributed by atoms with Crippen LogP contribution in [0, 0.1) is 0 Å². The van der Waals surface area contributed by atoms with Gasteiger partial charge in [0.25, 0.3) is 16.6 Å². The highest BCUT2D eigenvalue weighted by molar-refractivity contribution is 7.54. The molecule has 1 aromatic carbocycles. The van der Waals surface area contributed by atoms with E-state index in [0.717, 1.165) is 11.3 Å². The van der Waals surface area contributed by atoms with Crippen LogP contribution in [0.1, 0.15) is 47.1 Å². The predicted octanol–water partition coefficient (Wildman–Crippen LogP) is 7.05. The lowest BCUT2D eigenvalue weighted by Gasteiger charge is -2.39. The fourth-order valence-corrected chi connectivity index (χ4v) is 5.38. The van der Waals surface area contributed by atoms with Crippen molar-refractivity contribution in [3.63, 3.8) is 0 Å². The van der Waals surface area contributed by atoms with E-state index in [4.69, 9.17) is 17.9 Å². The third-order valence-corrected chi connectivity index (χ3v) is 17.2. The first kappa shape index (κ1) is 29.1. The van der Waals surface area contributed by atoms with Crippen molar-refractivity contribution in [1.29, 1.82) is 0 Å². The lowest BCUT2D eigenvalue weighted by molar-refractivity contribution is -0.116. The summed E-state index contributed by atoms with van der Waals surface area (Å²) in [6.45, 7) is 21.9. The van der Waals surface area contributed by atoms with Crippen LogP contribution in [0.4, 0.5) is 0 Å². The maximum absolute atomic E-state index is 12.6. The van der Waals surface area contributed by atoms with Crippen LogP contribution in [0.15, 0.2) is 18.2 Å². The lowest BCUT2D eigenvalue weighted by Crippen LogP contribution is -2.45. The molecule has 0 unspecified atom stereocenters. The van der Waals surface area contributed by atoms with Crippen molar-refractivity contribution in [2.45, 2.75) is 84.2 Å².